The molecule has 4 heteroatoms. The number of nitrogens with zero attached hydrogens (tertiary/aromatic N) is 1. The van der Waals surface area contributed by atoms with Gasteiger partial charge < -0.3 is 4.74 Å². The Kier molecular flexibility index (Phi) is 2.56. The summed E-state index contributed by atoms with van der Waals surface area (Å²) in [5.74, 6) is -0.174. The van der Waals surface area contributed by atoms with Crippen molar-refractivity contribution in [2.24, 2.45) is 4.99 Å². The standard InChI is InChI=1S/C8H6FNO2/c1-12-8-3-6(9)2-7(4-8)10-5-11/h2-4H,1H3. The number of carbonyl (C=O) groups excluding carboxylic acids is 1. The first-order valence-corrected chi connectivity index (χ1v) is 3.18. The van der Waals surface area contributed by atoms with Crippen LogP contribution in [0.3, 0.4) is 0 Å². The highest BCUT2D eigenvalue weighted by atomic mass is 19.1. The van der Waals surface area contributed by atoms with Gasteiger partial charge in [0.05, 0.1) is 12.8 Å². The fraction of sp³-hybridized carbons (Fsp3) is 0.125. The molecule has 0 unspecified atom stereocenters. The number of ether oxygens (including phenoxy) is 1. The largest absolute Gasteiger partial charge is 0.497 e. The van der Waals surface area contributed by atoms with Crippen LogP contribution in [-0.2, 0) is 4.79 Å². The fourth-order valence-electron chi connectivity index (χ4n) is 0.783. The van der Waals surface area contributed by atoms with Crippen LogP contribution in [0.15, 0.2) is 23.2 Å². The number of benzene rings is 1. The van der Waals surface area contributed by atoms with E-state index in [0.29, 0.717) is 5.75 Å². The third-order valence-corrected chi connectivity index (χ3v) is 1.27. The summed E-state index contributed by atoms with van der Waals surface area (Å²) in [5.41, 5.74) is 0.196. The van der Waals surface area contributed by atoms with E-state index < -0.39 is 5.82 Å². The Bertz CT molecular complexity index is 332. The average molecular weight is 167 g/mol. The number of rotatable bonds is 2. The molecule has 0 saturated heterocycles. The van der Waals surface area contributed by atoms with Crippen LogP contribution < -0.4 is 4.74 Å². The van der Waals surface area contributed by atoms with Crippen LogP contribution in [0.2, 0.25) is 0 Å². The van der Waals surface area contributed by atoms with E-state index in [4.69, 9.17) is 4.74 Å². The van der Waals surface area contributed by atoms with Gasteiger partial charge in [-0.2, -0.15) is 4.99 Å². The van der Waals surface area contributed by atoms with Crippen LogP contribution in [0.5, 0.6) is 5.75 Å². The quantitative estimate of drug-likeness (QED) is 0.497. The van der Waals surface area contributed by atoms with Crippen molar-refractivity contribution in [1.29, 1.82) is 0 Å². The van der Waals surface area contributed by atoms with Crippen LogP contribution in [0.1, 0.15) is 0 Å². The molecular weight excluding hydrogens is 161 g/mol. The number of halogens is 1. The number of methoxy groups -OCH3 is 1. The Labute approximate surface area is 68.5 Å². The van der Waals surface area contributed by atoms with E-state index in [9.17, 15) is 9.18 Å². The lowest BCUT2D eigenvalue weighted by Gasteiger charge is -1.99. The van der Waals surface area contributed by atoms with Crippen molar-refractivity contribution in [3.8, 4) is 5.75 Å². The highest BCUT2D eigenvalue weighted by Crippen LogP contribution is 2.21. The van der Waals surface area contributed by atoms with E-state index in [1.54, 1.807) is 0 Å². The van der Waals surface area contributed by atoms with Gasteiger partial charge in [-0.3, -0.25) is 0 Å². The molecule has 1 aromatic rings. The summed E-state index contributed by atoms with van der Waals surface area (Å²) in [6.07, 6.45) is 1.32. The molecule has 12 heavy (non-hydrogen) atoms. The van der Waals surface area contributed by atoms with Crippen LogP contribution in [0.25, 0.3) is 0 Å². The van der Waals surface area contributed by atoms with E-state index in [-0.39, 0.29) is 5.69 Å². The maximum atomic E-state index is 12.7. The molecule has 0 saturated carbocycles. The summed E-state index contributed by atoms with van der Waals surface area (Å²) in [6.45, 7) is 0. The molecule has 0 aromatic heterocycles. The summed E-state index contributed by atoms with van der Waals surface area (Å²) < 4.78 is 17.4. The molecule has 0 aliphatic carbocycles. The second-order valence-electron chi connectivity index (χ2n) is 2.05. The van der Waals surface area contributed by atoms with Gasteiger partial charge in [0.15, 0.2) is 0 Å². The zero-order chi connectivity index (χ0) is 8.97. The van der Waals surface area contributed by atoms with Crippen molar-refractivity contribution in [2.75, 3.05) is 7.11 Å². The van der Waals surface area contributed by atoms with Gasteiger partial charge in [-0.1, -0.05) is 0 Å². The first kappa shape index (κ1) is 8.43. The second-order valence-corrected chi connectivity index (χ2v) is 2.05. The van der Waals surface area contributed by atoms with Crippen LogP contribution in [0.4, 0.5) is 10.1 Å². The third-order valence-electron chi connectivity index (χ3n) is 1.27. The van der Waals surface area contributed by atoms with E-state index in [2.05, 4.69) is 4.99 Å². The molecule has 0 amide bonds. The van der Waals surface area contributed by atoms with Gasteiger partial charge in [0.2, 0.25) is 6.08 Å². The molecule has 0 atom stereocenters. The van der Waals surface area contributed by atoms with Crippen molar-refractivity contribution >= 4 is 11.8 Å². The summed E-state index contributed by atoms with van der Waals surface area (Å²) in [6, 6.07) is 3.76. The zero-order valence-corrected chi connectivity index (χ0v) is 6.37. The molecule has 0 aliphatic rings. The minimum absolute atomic E-state index is 0.196. The minimum atomic E-state index is -0.497. The van der Waals surface area contributed by atoms with Gasteiger partial charge >= 0.3 is 0 Å². The van der Waals surface area contributed by atoms with Gasteiger partial charge in [-0.05, 0) is 0 Å². The normalized spacial score (nSPS) is 8.83. The lowest BCUT2D eigenvalue weighted by molar-refractivity contribution is 0.411. The number of hydrogen-bond acceptors (Lipinski definition) is 3. The first-order chi connectivity index (χ1) is 5.76. The molecule has 1 rings (SSSR count). The molecule has 0 bridgehead atoms. The van der Waals surface area contributed by atoms with Crippen molar-refractivity contribution in [1.82, 2.24) is 0 Å². The maximum Gasteiger partial charge on any atom is 0.240 e. The summed E-state index contributed by atoms with van der Waals surface area (Å²) in [4.78, 5) is 13.1. The Morgan fingerprint density at radius 3 is 2.83 bits per heavy atom. The van der Waals surface area contributed by atoms with E-state index in [1.165, 1.54) is 25.3 Å². The fourth-order valence-corrected chi connectivity index (χ4v) is 0.783. The molecule has 62 valence electrons. The molecule has 3 nitrogen and oxygen atoms in total. The number of hydrogen-bond donors (Lipinski definition) is 0. The predicted octanol–water partition coefficient (Wildman–Crippen LogP) is 1.80. The molecule has 0 radical (unpaired) electrons. The van der Waals surface area contributed by atoms with Crippen molar-refractivity contribution < 1.29 is 13.9 Å². The van der Waals surface area contributed by atoms with Crippen molar-refractivity contribution in [2.45, 2.75) is 0 Å². The molecule has 0 spiro atoms. The Morgan fingerprint density at radius 2 is 2.25 bits per heavy atom. The summed E-state index contributed by atoms with van der Waals surface area (Å²) >= 11 is 0. The molecule has 0 fully saturated rings. The molecule has 0 aliphatic heterocycles. The number of aliphatic imine (C=N–C) groups is 1. The van der Waals surface area contributed by atoms with Crippen LogP contribution in [0, 0.1) is 5.82 Å². The van der Waals surface area contributed by atoms with Crippen molar-refractivity contribution in [3.63, 3.8) is 0 Å². The number of isocyanates is 1. The summed E-state index contributed by atoms with van der Waals surface area (Å²) in [5, 5.41) is 0. The van der Waals surface area contributed by atoms with Crippen LogP contribution in [-0.4, -0.2) is 13.2 Å². The lowest BCUT2D eigenvalue weighted by Crippen LogP contribution is -1.83. The van der Waals surface area contributed by atoms with Gasteiger partial charge in [0.25, 0.3) is 0 Å². The first-order valence-electron chi connectivity index (χ1n) is 3.18. The monoisotopic (exact) mass is 167 g/mol. The van der Waals surface area contributed by atoms with E-state index >= 15 is 0 Å². The van der Waals surface area contributed by atoms with Crippen molar-refractivity contribution in [3.05, 3.63) is 24.0 Å². The minimum Gasteiger partial charge on any atom is -0.497 e. The van der Waals surface area contributed by atoms with Gasteiger partial charge in [-0.15, -0.1) is 0 Å². The van der Waals surface area contributed by atoms with Gasteiger partial charge in [-0.25, -0.2) is 9.18 Å². The Morgan fingerprint density at radius 1 is 1.50 bits per heavy atom. The SMILES string of the molecule is COc1cc(F)cc(N=C=O)c1. The zero-order valence-electron chi connectivity index (χ0n) is 6.37. The highest BCUT2D eigenvalue weighted by molar-refractivity contribution is 5.51. The average Bonchev–Trinajstić information content (AvgIpc) is 2.04. The third kappa shape index (κ3) is 1.90. The topological polar surface area (TPSA) is 38.7 Å². The molecule has 0 N–H and O–H groups in total. The highest BCUT2D eigenvalue weighted by Gasteiger charge is 1.98. The maximum absolute atomic E-state index is 12.7. The van der Waals surface area contributed by atoms with E-state index in [1.807, 2.05) is 0 Å². The molecular formula is C8H6FNO2. The lowest BCUT2D eigenvalue weighted by atomic mass is 10.3. The smallest absolute Gasteiger partial charge is 0.240 e. The van der Waals surface area contributed by atoms with Gasteiger partial charge in [0.1, 0.15) is 11.6 Å². The van der Waals surface area contributed by atoms with E-state index in [0.717, 1.165) is 6.07 Å². The molecule has 1 aromatic carbocycles. The second kappa shape index (κ2) is 3.64. The Balaban J connectivity index is 3.14. The predicted molar refractivity (Wildman–Crippen MR) is 40.7 cm³/mol. The Hall–Kier alpha value is -1.67. The molecule has 0 heterocycles. The summed E-state index contributed by atoms with van der Waals surface area (Å²) in [7, 11) is 1.41. The van der Waals surface area contributed by atoms with Gasteiger partial charge in [0, 0.05) is 18.2 Å². The van der Waals surface area contributed by atoms with Crippen LogP contribution >= 0.6 is 0 Å².